The molecular formula is C17H12INO. The van der Waals surface area contributed by atoms with E-state index in [1.165, 1.54) is 5.56 Å². The van der Waals surface area contributed by atoms with Crippen molar-refractivity contribution in [3.8, 4) is 6.07 Å². The number of carbonyl (C=O) groups excluding carboxylic acids is 1. The average molecular weight is 373 g/mol. The highest BCUT2D eigenvalue weighted by Gasteiger charge is 2.07. The predicted octanol–water partition coefficient (Wildman–Crippen LogP) is 4.37. The zero-order valence-electron chi connectivity index (χ0n) is 10.9. The number of carbonyl (C=O) groups is 1. The van der Waals surface area contributed by atoms with E-state index in [9.17, 15) is 4.79 Å². The second-order valence-electron chi connectivity index (χ2n) is 4.41. The zero-order chi connectivity index (χ0) is 14.5. The lowest BCUT2D eigenvalue weighted by Gasteiger charge is -2.00. The molecule has 2 rings (SSSR count). The van der Waals surface area contributed by atoms with E-state index in [0.29, 0.717) is 11.1 Å². The molecule has 0 saturated carbocycles. The van der Waals surface area contributed by atoms with Gasteiger partial charge in [0.25, 0.3) is 0 Å². The van der Waals surface area contributed by atoms with Gasteiger partial charge in [-0.3, -0.25) is 4.79 Å². The van der Waals surface area contributed by atoms with Crippen LogP contribution in [-0.4, -0.2) is 5.78 Å². The molecule has 0 N–H and O–H groups in total. The Labute approximate surface area is 131 Å². The number of hydrogen-bond donors (Lipinski definition) is 0. The number of hydrogen-bond acceptors (Lipinski definition) is 2. The van der Waals surface area contributed by atoms with Crippen LogP contribution >= 0.6 is 22.6 Å². The Morgan fingerprint density at radius 1 is 1.20 bits per heavy atom. The zero-order valence-corrected chi connectivity index (χ0v) is 13.1. The number of halogens is 1. The highest BCUT2D eigenvalue weighted by Crippen LogP contribution is 2.16. The summed E-state index contributed by atoms with van der Waals surface area (Å²) >= 11 is 2.08. The molecule has 0 aliphatic carbocycles. The largest absolute Gasteiger partial charge is 0.289 e. The third-order valence-corrected chi connectivity index (χ3v) is 3.76. The minimum Gasteiger partial charge on any atom is -0.289 e. The number of nitrogens with zero attached hydrogens (tertiary/aromatic N) is 1. The van der Waals surface area contributed by atoms with Crippen LogP contribution in [-0.2, 0) is 0 Å². The van der Waals surface area contributed by atoms with E-state index in [0.717, 1.165) is 9.13 Å². The van der Waals surface area contributed by atoms with Crippen molar-refractivity contribution in [1.82, 2.24) is 0 Å². The van der Waals surface area contributed by atoms with Crippen LogP contribution in [0.25, 0.3) is 6.08 Å². The number of rotatable bonds is 3. The maximum Gasteiger partial charge on any atom is 0.186 e. The van der Waals surface area contributed by atoms with E-state index >= 15 is 0 Å². The molecule has 0 fully saturated rings. The number of ketones is 1. The van der Waals surface area contributed by atoms with Gasteiger partial charge in [0.15, 0.2) is 5.78 Å². The summed E-state index contributed by atoms with van der Waals surface area (Å²) in [4.78, 5) is 12.1. The molecule has 0 spiro atoms. The van der Waals surface area contributed by atoms with Crippen LogP contribution < -0.4 is 0 Å². The molecule has 0 heterocycles. The summed E-state index contributed by atoms with van der Waals surface area (Å²) in [5.41, 5.74) is 3.36. The second kappa shape index (κ2) is 6.49. The van der Waals surface area contributed by atoms with Gasteiger partial charge in [-0.1, -0.05) is 35.9 Å². The normalized spacial score (nSPS) is 10.4. The summed E-state index contributed by atoms with van der Waals surface area (Å²) in [6.07, 6.45) is 3.37. The monoisotopic (exact) mass is 373 g/mol. The van der Waals surface area contributed by atoms with Gasteiger partial charge in [0, 0.05) is 9.13 Å². The smallest absolute Gasteiger partial charge is 0.186 e. The van der Waals surface area contributed by atoms with E-state index in [1.807, 2.05) is 31.2 Å². The minimum absolute atomic E-state index is 0.0561. The fraction of sp³-hybridized carbons (Fsp3) is 0.0588. The molecule has 98 valence electrons. The first-order chi connectivity index (χ1) is 9.60. The van der Waals surface area contributed by atoms with E-state index in [2.05, 4.69) is 28.7 Å². The van der Waals surface area contributed by atoms with Crippen LogP contribution in [0.1, 0.15) is 27.0 Å². The first-order valence-corrected chi connectivity index (χ1v) is 7.17. The molecule has 0 saturated heterocycles. The first kappa shape index (κ1) is 14.5. The SMILES string of the molecule is Cc1ccc(/C=C/C(=O)c2ccc(C#N)cc2I)cc1. The second-order valence-corrected chi connectivity index (χ2v) is 5.58. The Hall–Kier alpha value is -1.93. The topological polar surface area (TPSA) is 40.9 Å². The average Bonchev–Trinajstić information content (AvgIpc) is 2.46. The molecule has 0 radical (unpaired) electrons. The maximum absolute atomic E-state index is 12.1. The number of nitriles is 1. The Kier molecular flexibility index (Phi) is 4.70. The predicted molar refractivity (Wildman–Crippen MR) is 88.4 cm³/mol. The fourth-order valence-corrected chi connectivity index (χ4v) is 2.50. The summed E-state index contributed by atoms with van der Waals surface area (Å²) < 4.78 is 0.792. The molecule has 0 unspecified atom stereocenters. The lowest BCUT2D eigenvalue weighted by Crippen LogP contribution is -1.98. The van der Waals surface area contributed by atoms with Crippen molar-refractivity contribution in [2.45, 2.75) is 6.92 Å². The highest BCUT2D eigenvalue weighted by molar-refractivity contribution is 14.1. The van der Waals surface area contributed by atoms with Crippen LogP contribution in [0.4, 0.5) is 0 Å². The molecule has 0 aliphatic heterocycles. The Morgan fingerprint density at radius 2 is 1.90 bits per heavy atom. The van der Waals surface area contributed by atoms with Gasteiger partial charge in [-0.25, -0.2) is 0 Å². The van der Waals surface area contributed by atoms with E-state index in [4.69, 9.17) is 5.26 Å². The van der Waals surface area contributed by atoms with Gasteiger partial charge in [-0.2, -0.15) is 5.26 Å². The molecule has 2 nitrogen and oxygen atoms in total. The Morgan fingerprint density at radius 3 is 2.50 bits per heavy atom. The summed E-state index contributed by atoms with van der Waals surface area (Å²) in [6.45, 7) is 2.03. The molecule has 0 amide bonds. The van der Waals surface area contributed by atoms with Crippen LogP contribution in [0.2, 0.25) is 0 Å². The lowest BCUT2D eigenvalue weighted by molar-refractivity contribution is 0.104. The van der Waals surface area contributed by atoms with Gasteiger partial charge in [-0.05, 0) is 59.4 Å². The van der Waals surface area contributed by atoms with Crippen molar-refractivity contribution >= 4 is 34.5 Å². The van der Waals surface area contributed by atoms with Gasteiger partial charge < -0.3 is 0 Å². The van der Waals surface area contributed by atoms with E-state index in [1.54, 1.807) is 30.4 Å². The van der Waals surface area contributed by atoms with Crippen molar-refractivity contribution in [3.63, 3.8) is 0 Å². The van der Waals surface area contributed by atoms with Crippen molar-refractivity contribution in [2.75, 3.05) is 0 Å². The molecular weight excluding hydrogens is 361 g/mol. The van der Waals surface area contributed by atoms with E-state index < -0.39 is 0 Å². The summed E-state index contributed by atoms with van der Waals surface area (Å²) in [6, 6.07) is 15.1. The molecule has 3 heteroatoms. The van der Waals surface area contributed by atoms with Crippen molar-refractivity contribution in [3.05, 3.63) is 74.4 Å². The highest BCUT2D eigenvalue weighted by atomic mass is 127. The standard InChI is InChI=1S/C17H12INO/c1-12-2-4-13(5-3-12)7-9-17(20)15-8-6-14(11-19)10-16(15)18/h2-10H,1H3/b9-7+. The Balaban J connectivity index is 2.20. The van der Waals surface area contributed by atoms with Crippen LogP contribution in [0, 0.1) is 21.8 Å². The van der Waals surface area contributed by atoms with Crippen molar-refractivity contribution in [1.29, 1.82) is 5.26 Å². The van der Waals surface area contributed by atoms with Gasteiger partial charge in [-0.15, -0.1) is 0 Å². The summed E-state index contributed by atoms with van der Waals surface area (Å²) in [7, 11) is 0. The summed E-state index contributed by atoms with van der Waals surface area (Å²) in [5.74, 6) is -0.0561. The van der Waals surface area contributed by atoms with Gasteiger partial charge in [0.2, 0.25) is 0 Å². The number of benzene rings is 2. The molecule has 0 atom stereocenters. The maximum atomic E-state index is 12.1. The third kappa shape index (κ3) is 3.55. The molecule has 20 heavy (non-hydrogen) atoms. The van der Waals surface area contributed by atoms with Gasteiger partial charge in [0.05, 0.1) is 11.6 Å². The fourth-order valence-electron chi connectivity index (χ4n) is 1.72. The molecule has 0 aliphatic rings. The number of allylic oxidation sites excluding steroid dienone is 1. The first-order valence-electron chi connectivity index (χ1n) is 6.09. The van der Waals surface area contributed by atoms with Gasteiger partial charge >= 0.3 is 0 Å². The summed E-state index contributed by atoms with van der Waals surface area (Å²) in [5, 5.41) is 8.81. The number of aryl methyl sites for hydroxylation is 1. The minimum atomic E-state index is -0.0561. The molecule has 0 aromatic heterocycles. The molecule has 0 bridgehead atoms. The molecule has 2 aromatic rings. The van der Waals surface area contributed by atoms with E-state index in [-0.39, 0.29) is 5.78 Å². The van der Waals surface area contributed by atoms with Gasteiger partial charge in [0.1, 0.15) is 0 Å². The third-order valence-electron chi connectivity index (χ3n) is 2.87. The van der Waals surface area contributed by atoms with Crippen molar-refractivity contribution in [2.24, 2.45) is 0 Å². The van der Waals surface area contributed by atoms with Crippen LogP contribution in [0.15, 0.2) is 48.5 Å². The van der Waals surface area contributed by atoms with Crippen LogP contribution in [0.3, 0.4) is 0 Å². The Bertz CT molecular complexity index is 709. The van der Waals surface area contributed by atoms with Crippen LogP contribution in [0.5, 0.6) is 0 Å². The molecule has 2 aromatic carbocycles. The van der Waals surface area contributed by atoms with Crippen molar-refractivity contribution < 1.29 is 4.79 Å². The quantitative estimate of drug-likeness (QED) is 0.456. The lowest BCUT2D eigenvalue weighted by atomic mass is 10.1.